The monoisotopic (exact) mass is 524 g/mol. The first kappa shape index (κ1) is 28.1. The molecule has 1 aromatic heterocycles. The molecular weight excluding hydrogens is 488 g/mol. The number of nitrogens with two attached hydrogens (primary N) is 1. The fourth-order valence-corrected chi connectivity index (χ4v) is 4.64. The highest BCUT2D eigenvalue weighted by Gasteiger charge is 2.27. The number of amides is 1. The van der Waals surface area contributed by atoms with Crippen LogP contribution in [0, 0.1) is 0 Å². The van der Waals surface area contributed by atoms with Crippen molar-refractivity contribution in [2.75, 3.05) is 25.0 Å². The van der Waals surface area contributed by atoms with Crippen LogP contribution in [-0.2, 0) is 16.6 Å². The third-order valence-electron chi connectivity index (χ3n) is 5.93. The molecule has 3 aromatic rings. The molecule has 9 heteroatoms. The van der Waals surface area contributed by atoms with Crippen molar-refractivity contribution in [2.45, 2.75) is 51.0 Å². The molecule has 0 saturated heterocycles. The Hall–Kier alpha value is -3.43. The molecule has 3 rings (SSSR count). The van der Waals surface area contributed by atoms with E-state index in [0.717, 1.165) is 31.4 Å². The molecular formula is C28H36N4O4S. The van der Waals surface area contributed by atoms with Crippen molar-refractivity contribution in [3.05, 3.63) is 78.1 Å². The van der Waals surface area contributed by atoms with Crippen LogP contribution >= 0.6 is 0 Å². The number of benzene rings is 2. The van der Waals surface area contributed by atoms with Gasteiger partial charge in [-0.15, -0.1) is 0 Å². The Bertz CT molecular complexity index is 1260. The number of aromatic nitrogens is 1. The molecule has 0 bridgehead atoms. The molecule has 2 aromatic carbocycles. The lowest BCUT2D eigenvalue weighted by Gasteiger charge is -2.29. The van der Waals surface area contributed by atoms with Gasteiger partial charge in [-0.3, -0.25) is 9.78 Å². The molecule has 2 N–H and O–H groups in total. The van der Waals surface area contributed by atoms with Crippen LogP contribution in [0.5, 0.6) is 11.5 Å². The number of anilines is 1. The zero-order valence-corrected chi connectivity index (χ0v) is 22.6. The van der Waals surface area contributed by atoms with E-state index in [1.165, 1.54) is 11.0 Å². The number of hydrogen-bond donors (Lipinski definition) is 1. The molecule has 0 aliphatic heterocycles. The van der Waals surface area contributed by atoms with Gasteiger partial charge in [0.05, 0.1) is 17.9 Å². The third kappa shape index (κ3) is 7.77. The quantitative estimate of drug-likeness (QED) is 0.329. The van der Waals surface area contributed by atoms with Gasteiger partial charge in [-0.1, -0.05) is 51.0 Å². The average molecular weight is 525 g/mol. The van der Waals surface area contributed by atoms with Gasteiger partial charge < -0.3 is 14.5 Å². The highest BCUT2D eigenvalue weighted by molar-refractivity contribution is 7.89. The maximum atomic E-state index is 13.5. The van der Waals surface area contributed by atoms with E-state index in [1.807, 2.05) is 36.4 Å². The highest BCUT2D eigenvalue weighted by Crippen LogP contribution is 2.40. The lowest BCUT2D eigenvalue weighted by Crippen LogP contribution is -2.30. The first-order chi connectivity index (χ1) is 17.7. The zero-order valence-electron chi connectivity index (χ0n) is 21.8. The Balaban J connectivity index is 2.15. The smallest absolute Gasteiger partial charge is 0.254 e. The summed E-state index contributed by atoms with van der Waals surface area (Å²) in [6, 6.07) is 17.5. The van der Waals surface area contributed by atoms with E-state index in [2.05, 4.69) is 23.7 Å². The number of para-hydroxylation sites is 1. The van der Waals surface area contributed by atoms with Crippen molar-refractivity contribution in [2.24, 2.45) is 5.14 Å². The summed E-state index contributed by atoms with van der Waals surface area (Å²) < 4.78 is 31.8. The van der Waals surface area contributed by atoms with Crippen LogP contribution < -0.4 is 14.8 Å². The van der Waals surface area contributed by atoms with E-state index in [1.54, 1.807) is 31.4 Å². The molecule has 0 radical (unpaired) electrons. The molecule has 0 spiro atoms. The predicted octanol–water partition coefficient (Wildman–Crippen LogP) is 5.20. The molecule has 0 atom stereocenters. The molecule has 0 unspecified atom stereocenters. The van der Waals surface area contributed by atoms with E-state index < -0.39 is 10.0 Å². The second-order valence-electron chi connectivity index (χ2n) is 8.96. The molecule has 8 nitrogen and oxygen atoms in total. The van der Waals surface area contributed by atoms with Crippen LogP contribution in [0.2, 0.25) is 0 Å². The van der Waals surface area contributed by atoms with E-state index in [-0.39, 0.29) is 28.7 Å². The maximum absolute atomic E-state index is 13.5. The minimum atomic E-state index is -4.23. The lowest BCUT2D eigenvalue weighted by molar-refractivity contribution is 0.0783. The summed E-state index contributed by atoms with van der Waals surface area (Å²) in [7, 11) is -2.57. The zero-order chi connectivity index (χ0) is 26.8. The van der Waals surface area contributed by atoms with Crippen LogP contribution in [0.1, 0.15) is 55.6 Å². The average Bonchev–Trinajstić information content (AvgIpc) is 2.89. The van der Waals surface area contributed by atoms with Gasteiger partial charge in [0, 0.05) is 31.9 Å². The number of sulfonamides is 1. The number of ether oxygens (including phenoxy) is 1. The van der Waals surface area contributed by atoms with Crippen molar-refractivity contribution < 1.29 is 17.9 Å². The van der Waals surface area contributed by atoms with Crippen molar-refractivity contribution in [3.63, 3.8) is 0 Å². The van der Waals surface area contributed by atoms with E-state index in [9.17, 15) is 13.2 Å². The van der Waals surface area contributed by atoms with Crippen molar-refractivity contribution in [1.29, 1.82) is 0 Å². The summed E-state index contributed by atoms with van der Waals surface area (Å²) in [5.74, 6) is 0.268. The summed E-state index contributed by atoms with van der Waals surface area (Å²) >= 11 is 0. The van der Waals surface area contributed by atoms with Crippen molar-refractivity contribution in [3.8, 4) is 11.5 Å². The molecule has 0 aliphatic carbocycles. The topological polar surface area (TPSA) is 106 Å². The summed E-state index contributed by atoms with van der Waals surface area (Å²) in [6.45, 7) is 5.85. The summed E-state index contributed by atoms with van der Waals surface area (Å²) in [5, 5.41) is 5.69. The molecule has 37 heavy (non-hydrogen) atoms. The first-order valence-electron chi connectivity index (χ1n) is 12.6. The van der Waals surface area contributed by atoms with Crippen LogP contribution in [0.3, 0.4) is 0 Å². The fraction of sp³-hybridized carbons (Fsp3) is 0.357. The summed E-state index contributed by atoms with van der Waals surface area (Å²) in [6.07, 6.45) is 5.39. The number of carbonyl (C=O) groups is 1. The minimum absolute atomic E-state index is 0.129. The van der Waals surface area contributed by atoms with Gasteiger partial charge in [0.1, 0.15) is 10.6 Å². The number of primary sulfonamides is 1. The Morgan fingerprint density at radius 2 is 1.62 bits per heavy atom. The third-order valence-corrected chi connectivity index (χ3v) is 6.84. The SMILES string of the molecule is CCCCN(CCCC)c1cc(C(=O)N(C)Cc2ccccn2)cc(S(N)(=O)=O)c1Oc1ccccc1. The second kappa shape index (κ2) is 13.2. The van der Waals surface area contributed by atoms with Gasteiger partial charge in [-0.25, -0.2) is 13.6 Å². The van der Waals surface area contributed by atoms with Gasteiger partial charge in [0.15, 0.2) is 5.75 Å². The number of hydrogen-bond acceptors (Lipinski definition) is 6. The highest BCUT2D eigenvalue weighted by atomic mass is 32.2. The molecule has 0 saturated carbocycles. The maximum Gasteiger partial charge on any atom is 0.254 e. The van der Waals surface area contributed by atoms with Gasteiger partial charge in [0.25, 0.3) is 5.91 Å². The Morgan fingerprint density at radius 3 is 2.19 bits per heavy atom. The number of pyridine rings is 1. The summed E-state index contributed by atoms with van der Waals surface area (Å²) in [5.41, 5.74) is 1.48. The van der Waals surface area contributed by atoms with Gasteiger partial charge in [-0.2, -0.15) is 0 Å². The predicted molar refractivity (Wildman–Crippen MR) is 146 cm³/mol. The lowest BCUT2D eigenvalue weighted by atomic mass is 10.1. The molecule has 0 fully saturated rings. The van der Waals surface area contributed by atoms with Crippen LogP contribution in [-0.4, -0.2) is 44.3 Å². The van der Waals surface area contributed by atoms with Gasteiger partial charge in [0.2, 0.25) is 10.0 Å². The Labute approximate surface area is 220 Å². The van der Waals surface area contributed by atoms with Crippen LogP contribution in [0.25, 0.3) is 0 Å². The van der Waals surface area contributed by atoms with E-state index in [4.69, 9.17) is 9.88 Å². The van der Waals surface area contributed by atoms with E-state index in [0.29, 0.717) is 24.5 Å². The van der Waals surface area contributed by atoms with Crippen molar-refractivity contribution >= 4 is 21.6 Å². The number of rotatable bonds is 13. The first-order valence-corrected chi connectivity index (χ1v) is 14.1. The number of unbranched alkanes of at least 4 members (excludes halogenated alkanes) is 2. The van der Waals surface area contributed by atoms with Gasteiger partial charge >= 0.3 is 0 Å². The van der Waals surface area contributed by atoms with Crippen LogP contribution in [0.15, 0.2) is 71.8 Å². The second-order valence-corrected chi connectivity index (χ2v) is 10.5. The fourth-order valence-electron chi connectivity index (χ4n) is 3.94. The molecule has 0 aliphatic rings. The van der Waals surface area contributed by atoms with Crippen LogP contribution in [0.4, 0.5) is 5.69 Å². The molecule has 1 amide bonds. The van der Waals surface area contributed by atoms with E-state index >= 15 is 0 Å². The number of carbonyl (C=O) groups excluding carboxylic acids is 1. The Morgan fingerprint density at radius 1 is 0.973 bits per heavy atom. The largest absolute Gasteiger partial charge is 0.454 e. The standard InChI is InChI=1S/C28H36N4O4S/c1-4-6-17-32(18-7-5-2)25-19-22(28(33)31(3)21-23-13-11-12-16-30-23)20-26(37(29,34)35)27(25)36-24-14-9-8-10-15-24/h8-16,19-20H,4-7,17-18,21H2,1-3H3,(H2,29,34,35). The normalized spacial score (nSPS) is 11.2. The molecule has 1 heterocycles. The van der Waals surface area contributed by atoms with Gasteiger partial charge in [-0.05, 0) is 49.2 Å². The molecule has 198 valence electrons. The summed E-state index contributed by atoms with van der Waals surface area (Å²) in [4.78, 5) is 21.2. The number of nitrogens with zero attached hydrogens (tertiary/aromatic N) is 3. The Kier molecular flexibility index (Phi) is 10.0. The van der Waals surface area contributed by atoms with Crippen molar-refractivity contribution in [1.82, 2.24) is 9.88 Å². The minimum Gasteiger partial charge on any atom is -0.454 e.